The Morgan fingerprint density at radius 2 is 1.82 bits per heavy atom. The Bertz CT molecular complexity index is 1160. The van der Waals surface area contributed by atoms with E-state index >= 15 is 0 Å². The Kier molecular flexibility index (Phi) is 8.02. The van der Waals surface area contributed by atoms with Crippen LogP contribution >= 0.6 is 0 Å². The van der Waals surface area contributed by atoms with Crippen LogP contribution in [0, 0.1) is 6.92 Å². The summed E-state index contributed by atoms with van der Waals surface area (Å²) in [6, 6.07) is 18.5. The molecule has 0 heterocycles. The predicted octanol–water partition coefficient (Wildman–Crippen LogP) is 3.88. The number of phenolic OH excluding ortho intramolecular Hbond substituents is 1. The molecule has 0 aromatic heterocycles. The van der Waals surface area contributed by atoms with Crippen LogP contribution < -0.4 is 20.2 Å². The second-order valence-electron chi connectivity index (χ2n) is 7.04. The Labute approximate surface area is 191 Å². The van der Waals surface area contributed by atoms with Crippen molar-refractivity contribution in [1.82, 2.24) is 5.43 Å². The maximum Gasteiger partial charge on any atom is 0.271 e. The molecular formula is C25H25N3O5. The van der Waals surface area contributed by atoms with Gasteiger partial charge in [0.05, 0.1) is 12.8 Å². The molecule has 0 saturated carbocycles. The van der Waals surface area contributed by atoms with E-state index in [1.54, 1.807) is 30.3 Å². The van der Waals surface area contributed by atoms with E-state index in [4.69, 9.17) is 9.47 Å². The van der Waals surface area contributed by atoms with E-state index in [1.165, 1.54) is 18.3 Å². The second kappa shape index (κ2) is 11.3. The molecule has 3 aromatic carbocycles. The number of amides is 2. The van der Waals surface area contributed by atoms with Gasteiger partial charge in [-0.1, -0.05) is 24.3 Å². The summed E-state index contributed by atoms with van der Waals surface area (Å²) >= 11 is 0. The summed E-state index contributed by atoms with van der Waals surface area (Å²) in [6.07, 6.45) is 1.46. The van der Waals surface area contributed by atoms with Crippen molar-refractivity contribution in [3.05, 3.63) is 83.4 Å². The molecule has 0 saturated heterocycles. The standard InChI is InChI=1S/C25H25N3O5/c1-3-32-23-13-18(15-26-28-25(31)19-8-6-9-20(29)14-19)11-12-22(23)33-16-24(30)27-21-10-5-4-7-17(21)2/h4-15,29H,3,16H2,1-2H3,(H,27,30)(H,28,31)/b26-15+. The van der Waals surface area contributed by atoms with Crippen molar-refractivity contribution in [3.8, 4) is 17.2 Å². The van der Waals surface area contributed by atoms with Gasteiger partial charge in [-0.2, -0.15) is 5.10 Å². The lowest BCUT2D eigenvalue weighted by Gasteiger charge is -2.13. The maximum absolute atomic E-state index is 12.3. The van der Waals surface area contributed by atoms with Crippen molar-refractivity contribution in [2.75, 3.05) is 18.5 Å². The van der Waals surface area contributed by atoms with Gasteiger partial charge in [-0.3, -0.25) is 9.59 Å². The number of hydrogen-bond donors (Lipinski definition) is 3. The van der Waals surface area contributed by atoms with Crippen molar-refractivity contribution < 1.29 is 24.2 Å². The van der Waals surface area contributed by atoms with Crippen LogP contribution in [0.4, 0.5) is 5.69 Å². The molecule has 8 nitrogen and oxygen atoms in total. The lowest BCUT2D eigenvalue weighted by Crippen LogP contribution is -2.20. The molecule has 2 amide bonds. The van der Waals surface area contributed by atoms with Crippen LogP contribution in [0.1, 0.15) is 28.4 Å². The van der Waals surface area contributed by atoms with Gasteiger partial charge in [-0.05, 0) is 67.4 Å². The van der Waals surface area contributed by atoms with E-state index in [9.17, 15) is 14.7 Å². The fraction of sp³-hybridized carbons (Fsp3) is 0.160. The quantitative estimate of drug-likeness (QED) is 0.341. The first-order chi connectivity index (χ1) is 16.0. The zero-order valence-corrected chi connectivity index (χ0v) is 18.4. The third kappa shape index (κ3) is 6.83. The summed E-state index contributed by atoms with van der Waals surface area (Å²) in [7, 11) is 0. The number of carbonyl (C=O) groups excluding carboxylic acids is 2. The molecule has 3 aromatic rings. The summed E-state index contributed by atoms with van der Waals surface area (Å²) in [5.74, 6) is 0.122. The summed E-state index contributed by atoms with van der Waals surface area (Å²) in [4.78, 5) is 24.4. The summed E-state index contributed by atoms with van der Waals surface area (Å²) < 4.78 is 11.3. The maximum atomic E-state index is 12.3. The number of nitrogens with zero attached hydrogens (tertiary/aromatic N) is 1. The van der Waals surface area contributed by atoms with E-state index in [2.05, 4.69) is 15.8 Å². The van der Waals surface area contributed by atoms with Crippen LogP contribution in [0.15, 0.2) is 71.8 Å². The third-order valence-corrected chi connectivity index (χ3v) is 4.53. The molecule has 170 valence electrons. The number of carbonyl (C=O) groups is 2. The van der Waals surface area contributed by atoms with Crippen LogP contribution in [0.2, 0.25) is 0 Å². The first-order valence-electron chi connectivity index (χ1n) is 10.3. The Hall–Kier alpha value is -4.33. The van der Waals surface area contributed by atoms with Gasteiger partial charge in [0.2, 0.25) is 0 Å². The van der Waals surface area contributed by atoms with Crippen molar-refractivity contribution in [3.63, 3.8) is 0 Å². The van der Waals surface area contributed by atoms with Crippen LogP contribution in [-0.2, 0) is 4.79 Å². The van der Waals surface area contributed by atoms with E-state index < -0.39 is 5.91 Å². The summed E-state index contributed by atoms with van der Waals surface area (Å²) in [6.45, 7) is 3.98. The monoisotopic (exact) mass is 447 g/mol. The molecule has 0 spiro atoms. The molecule has 0 atom stereocenters. The molecule has 8 heteroatoms. The highest BCUT2D eigenvalue weighted by molar-refractivity contribution is 5.95. The van der Waals surface area contributed by atoms with Gasteiger partial charge in [0, 0.05) is 11.3 Å². The fourth-order valence-corrected chi connectivity index (χ4v) is 2.91. The fourth-order valence-electron chi connectivity index (χ4n) is 2.91. The van der Waals surface area contributed by atoms with Gasteiger partial charge < -0.3 is 19.9 Å². The number of rotatable bonds is 9. The molecule has 0 aliphatic heterocycles. The Morgan fingerprint density at radius 3 is 2.58 bits per heavy atom. The highest BCUT2D eigenvalue weighted by atomic mass is 16.5. The highest BCUT2D eigenvalue weighted by Crippen LogP contribution is 2.28. The molecule has 0 unspecified atom stereocenters. The van der Waals surface area contributed by atoms with Gasteiger partial charge in [0.1, 0.15) is 5.75 Å². The van der Waals surface area contributed by atoms with Crippen molar-refractivity contribution in [2.45, 2.75) is 13.8 Å². The minimum Gasteiger partial charge on any atom is -0.508 e. The average molecular weight is 447 g/mol. The van der Waals surface area contributed by atoms with Gasteiger partial charge in [-0.15, -0.1) is 0 Å². The molecule has 0 fully saturated rings. The van der Waals surface area contributed by atoms with Crippen LogP contribution in [-0.4, -0.2) is 36.3 Å². The smallest absolute Gasteiger partial charge is 0.271 e. The molecular weight excluding hydrogens is 422 g/mol. The Balaban J connectivity index is 1.61. The molecule has 33 heavy (non-hydrogen) atoms. The Morgan fingerprint density at radius 1 is 1.00 bits per heavy atom. The van der Waals surface area contributed by atoms with Gasteiger partial charge in [0.15, 0.2) is 18.1 Å². The van der Waals surface area contributed by atoms with Crippen LogP contribution in [0.5, 0.6) is 17.2 Å². The normalized spacial score (nSPS) is 10.6. The number of hydrazone groups is 1. The molecule has 3 N–H and O–H groups in total. The molecule has 0 aliphatic rings. The summed E-state index contributed by atoms with van der Waals surface area (Å²) in [5, 5.41) is 16.2. The number of phenols is 1. The number of nitrogens with one attached hydrogen (secondary N) is 2. The molecule has 0 radical (unpaired) electrons. The molecule has 3 rings (SSSR count). The van der Waals surface area contributed by atoms with Crippen molar-refractivity contribution >= 4 is 23.7 Å². The minimum atomic E-state index is -0.452. The predicted molar refractivity (Wildman–Crippen MR) is 126 cm³/mol. The zero-order chi connectivity index (χ0) is 23.6. The SMILES string of the molecule is CCOc1cc(/C=N/NC(=O)c2cccc(O)c2)ccc1OCC(=O)Nc1ccccc1C. The first-order valence-corrected chi connectivity index (χ1v) is 10.3. The second-order valence-corrected chi connectivity index (χ2v) is 7.04. The molecule has 0 aliphatic carbocycles. The lowest BCUT2D eigenvalue weighted by molar-refractivity contribution is -0.118. The van der Waals surface area contributed by atoms with Crippen molar-refractivity contribution in [1.29, 1.82) is 0 Å². The highest BCUT2D eigenvalue weighted by Gasteiger charge is 2.10. The first kappa shape index (κ1) is 23.3. The van der Waals surface area contributed by atoms with E-state index in [0.717, 1.165) is 11.3 Å². The van der Waals surface area contributed by atoms with Gasteiger partial charge in [-0.25, -0.2) is 5.43 Å². The number of aryl methyl sites for hydroxylation is 1. The van der Waals surface area contributed by atoms with Crippen LogP contribution in [0.3, 0.4) is 0 Å². The number of ether oxygens (including phenoxy) is 2. The topological polar surface area (TPSA) is 109 Å². The number of benzene rings is 3. The van der Waals surface area contributed by atoms with Gasteiger partial charge >= 0.3 is 0 Å². The molecule has 0 bridgehead atoms. The van der Waals surface area contributed by atoms with Crippen molar-refractivity contribution in [2.24, 2.45) is 5.10 Å². The van der Waals surface area contributed by atoms with Gasteiger partial charge in [0.25, 0.3) is 11.8 Å². The number of aromatic hydroxyl groups is 1. The average Bonchev–Trinajstić information content (AvgIpc) is 2.80. The number of para-hydroxylation sites is 1. The van der Waals surface area contributed by atoms with Crippen LogP contribution in [0.25, 0.3) is 0 Å². The number of anilines is 1. The lowest BCUT2D eigenvalue weighted by atomic mass is 10.2. The number of hydrogen-bond acceptors (Lipinski definition) is 6. The van der Waals surface area contributed by atoms with E-state index in [1.807, 2.05) is 38.1 Å². The van der Waals surface area contributed by atoms with E-state index in [0.29, 0.717) is 23.7 Å². The zero-order valence-electron chi connectivity index (χ0n) is 18.4. The van der Waals surface area contributed by atoms with E-state index in [-0.39, 0.29) is 23.8 Å². The minimum absolute atomic E-state index is 0.00356. The summed E-state index contributed by atoms with van der Waals surface area (Å²) in [5.41, 5.74) is 5.04. The third-order valence-electron chi connectivity index (χ3n) is 4.53. The largest absolute Gasteiger partial charge is 0.508 e.